The van der Waals surface area contributed by atoms with Gasteiger partial charge in [-0.05, 0) is 55.8 Å². The topological polar surface area (TPSA) is 16.1 Å². The van der Waals surface area contributed by atoms with Crippen molar-refractivity contribution < 1.29 is 0 Å². The Morgan fingerprint density at radius 1 is 1.12 bits per heavy atom. The molecular formula is C22H23ClN2S. The standard InChI is InChI=1S/C22H23ClN2S/c1-3-4-5-14-25(2)15-6-7-17-8-13-20-21(16-17)26-24-22(20)18-9-11-19(23)12-10-18/h8-13,16H,3-5,14-15H2,1-2H3. The van der Waals surface area contributed by atoms with Crippen molar-refractivity contribution >= 4 is 33.2 Å². The van der Waals surface area contributed by atoms with E-state index in [0.29, 0.717) is 0 Å². The summed E-state index contributed by atoms with van der Waals surface area (Å²) in [5.41, 5.74) is 3.15. The van der Waals surface area contributed by atoms with E-state index in [0.717, 1.165) is 39.6 Å². The largest absolute Gasteiger partial charge is 0.295 e. The first kappa shape index (κ1) is 18.9. The number of unbranched alkanes of at least 4 members (excludes halogenated alkanes) is 2. The predicted octanol–water partition coefficient (Wildman–Crippen LogP) is 6.09. The van der Waals surface area contributed by atoms with Crippen molar-refractivity contribution in [2.45, 2.75) is 26.2 Å². The zero-order valence-corrected chi connectivity index (χ0v) is 16.8. The number of fused-ring (bicyclic) bond motifs is 1. The van der Waals surface area contributed by atoms with Gasteiger partial charge in [0.05, 0.1) is 16.9 Å². The van der Waals surface area contributed by atoms with Gasteiger partial charge in [-0.15, -0.1) is 0 Å². The minimum atomic E-state index is 0.741. The number of halogens is 1. The van der Waals surface area contributed by atoms with Crippen LogP contribution in [0.3, 0.4) is 0 Å². The lowest BCUT2D eigenvalue weighted by atomic mass is 10.1. The van der Waals surface area contributed by atoms with Crippen LogP contribution in [0.5, 0.6) is 0 Å². The van der Waals surface area contributed by atoms with Gasteiger partial charge in [-0.2, -0.15) is 4.37 Å². The molecule has 0 N–H and O–H groups in total. The fraction of sp³-hybridized carbons (Fsp3) is 0.318. The fourth-order valence-corrected chi connectivity index (χ4v) is 3.78. The molecule has 0 aliphatic heterocycles. The lowest BCUT2D eigenvalue weighted by Crippen LogP contribution is -2.19. The Hall–Kier alpha value is -1.86. The van der Waals surface area contributed by atoms with Crippen molar-refractivity contribution in [2.75, 3.05) is 20.1 Å². The third kappa shape index (κ3) is 4.86. The first-order valence-corrected chi connectivity index (χ1v) is 10.2. The Morgan fingerprint density at radius 3 is 2.69 bits per heavy atom. The molecule has 0 spiro atoms. The second kappa shape index (κ2) is 9.19. The summed E-state index contributed by atoms with van der Waals surface area (Å²) in [4.78, 5) is 2.28. The van der Waals surface area contributed by atoms with Crippen molar-refractivity contribution in [3.63, 3.8) is 0 Å². The van der Waals surface area contributed by atoms with Crippen molar-refractivity contribution in [1.29, 1.82) is 0 Å². The van der Waals surface area contributed by atoms with E-state index in [4.69, 9.17) is 11.6 Å². The molecule has 0 radical (unpaired) electrons. The van der Waals surface area contributed by atoms with Gasteiger partial charge in [0.15, 0.2) is 0 Å². The zero-order valence-electron chi connectivity index (χ0n) is 15.3. The molecule has 4 heteroatoms. The third-order valence-electron chi connectivity index (χ3n) is 4.31. The quantitative estimate of drug-likeness (QED) is 0.378. The average molecular weight is 383 g/mol. The minimum Gasteiger partial charge on any atom is -0.295 e. The van der Waals surface area contributed by atoms with Gasteiger partial charge >= 0.3 is 0 Å². The lowest BCUT2D eigenvalue weighted by Gasteiger charge is -2.11. The van der Waals surface area contributed by atoms with Gasteiger partial charge in [0.25, 0.3) is 0 Å². The molecule has 134 valence electrons. The molecular weight excluding hydrogens is 360 g/mol. The summed E-state index contributed by atoms with van der Waals surface area (Å²) >= 11 is 7.50. The first-order valence-electron chi connectivity index (χ1n) is 9.00. The van der Waals surface area contributed by atoms with Gasteiger partial charge in [-0.3, -0.25) is 4.90 Å². The SMILES string of the molecule is CCCCCN(C)CC#Cc1ccc2c(-c3ccc(Cl)cc3)nsc2c1. The van der Waals surface area contributed by atoms with Crippen LogP contribution in [0.1, 0.15) is 31.7 Å². The fourth-order valence-electron chi connectivity index (χ4n) is 2.82. The van der Waals surface area contributed by atoms with E-state index in [-0.39, 0.29) is 0 Å². The number of nitrogens with zero attached hydrogens (tertiary/aromatic N) is 2. The Kier molecular flexibility index (Phi) is 6.68. The molecule has 0 bridgehead atoms. The van der Waals surface area contributed by atoms with Crippen molar-refractivity contribution in [2.24, 2.45) is 0 Å². The van der Waals surface area contributed by atoms with Gasteiger partial charge in [-0.1, -0.05) is 61.4 Å². The Morgan fingerprint density at radius 2 is 1.92 bits per heavy atom. The van der Waals surface area contributed by atoms with E-state index in [9.17, 15) is 0 Å². The highest BCUT2D eigenvalue weighted by Crippen LogP contribution is 2.31. The van der Waals surface area contributed by atoms with E-state index in [1.54, 1.807) is 0 Å². The van der Waals surface area contributed by atoms with Crippen LogP contribution in [0, 0.1) is 11.8 Å². The number of rotatable bonds is 6. The molecule has 1 aromatic heterocycles. The second-order valence-corrected chi connectivity index (χ2v) is 7.74. The molecule has 2 nitrogen and oxygen atoms in total. The Labute approximate surface area is 165 Å². The molecule has 3 rings (SSSR count). The monoisotopic (exact) mass is 382 g/mol. The zero-order chi connectivity index (χ0) is 18.4. The van der Waals surface area contributed by atoms with Crippen LogP contribution in [0.25, 0.3) is 21.3 Å². The second-order valence-electron chi connectivity index (χ2n) is 6.50. The molecule has 0 aliphatic carbocycles. The van der Waals surface area contributed by atoms with Gasteiger partial charge in [0.2, 0.25) is 0 Å². The molecule has 0 aliphatic rings. The predicted molar refractivity (Wildman–Crippen MR) is 114 cm³/mol. The highest BCUT2D eigenvalue weighted by Gasteiger charge is 2.08. The summed E-state index contributed by atoms with van der Waals surface area (Å²) in [6, 6.07) is 14.2. The summed E-state index contributed by atoms with van der Waals surface area (Å²) in [6.07, 6.45) is 3.79. The van der Waals surface area contributed by atoms with Crippen molar-refractivity contribution in [1.82, 2.24) is 9.27 Å². The molecule has 3 aromatic rings. The number of aromatic nitrogens is 1. The maximum atomic E-state index is 5.98. The summed E-state index contributed by atoms with van der Waals surface area (Å²) < 4.78 is 5.79. The van der Waals surface area contributed by atoms with Crippen LogP contribution in [0.4, 0.5) is 0 Å². The van der Waals surface area contributed by atoms with E-state index in [1.807, 2.05) is 24.3 Å². The Balaban J connectivity index is 1.71. The number of hydrogen-bond donors (Lipinski definition) is 0. The first-order chi connectivity index (χ1) is 12.7. The summed E-state index contributed by atoms with van der Waals surface area (Å²) in [5, 5.41) is 1.91. The van der Waals surface area contributed by atoms with Gasteiger partial charge in [0, 0.05) is 21.5 Å². The summed E-state index contributed by atoms with van der Waals surface area (Å²) in [5.74, 6) is 6.57. The number of hydrogen-bond acceptors (Lipinski definition) is 3. The van der Waals surface area contributed by atoms with Crippen molar-refractivity contribution in [3.8, 4) is 23.1 Å². The molecule has 0 fully saturated rings. The molecule has 26 heavy (non-hydrogen) atoms. The smallest absolute Gasteiger partial charge is 0.0919 e. The van der Waals surface area contributed by atoms with Crippen LogP contribution in [-0.2, 0) is 0 Å². The normalized spacial score (nSPS) is 10.9. The molecule has 0 unspecified atom stereocenters. The maximum Gasteiger partial charge on any atom is 0.0919 e. The summed E-state index contributed by atoms with van der Waals surface area (Å²) in [6.45, 7) is 4.15. The van der Waals surface area contributed by atoms with Gasteiger partial charge in [-0.25, -0.2) is 0 Å². The van der Waals surface area contributed by atoms with Crippen molar-refractivity contribution in [3.05, 3.63) is 53.1 Å². The van der Waals surface area contributed by atoms with Crippen LogP contribution in [0.15, 0.2) is 42.5 Å². The average Bonchev–Trinajstić information content (AvgIpc) is 3.06. The van der Waals surface area contributed by atoms with E-state index < -0.39 is 0 Å². The molecule has 2 aromatic carbocycles. The van der Waals surface area contributed by atoms with Gasteiger partial charge in [0.1, 0.15) is 0 Å². The number of benzene rings is 2. The molecule has 1 heterocycles. The highest BCUT2D eigenvalue weighted by molar-refractivity contribution is 7.13. The molecule has 0 atom stereocenters. The molecule has 0 saturated carbocycles. The van der Waals surface area contributed by atoms with E-state index >= 15 is 0 Å². The van der Waals surface area contributed by atoms with E-state index in [2.05, 4.69) is 53.3 Å². The minimum absolute atomic E-state index is 0.741. The van der Waals surface area contributed by atoms with E-state index in [1.165, 1.54) is 36.2 Å². The lowest BCUT2D eigenvalue weighted by molar-refractivity contribution is 0.364. The highest BCUT2D eigenvalue weighted by atomic mass is 35.5. The molecule has 0 amide bonds. The van der Waals surface area contributed by atoms with Crippen LogP contribution in [-0.4, -0.2) is 29.4 Å². The molecule has 0 saturated heterocycles. The van der Waals surface area contributed by atoms with Gasteiger partial charge < -0.3 is 0 Å². The maximum absolute atomic E-state index is 5.98. The third-order valence-corrected chi connectivity index (χ3v) is 5.38. The Bertz CT molecular complexity index is 919. The summed E-state index contributed by atoms with van der Waals surface area (Å²) in [7, 11) is 2.13. The van der Waals surface area contributed by atoms with Crippen LogP contribution < -0.4 is 0 Å². The van der Waals surface area contributed by atoms with Crippen LogP contribution >= 0.6 is 23.1 Å². The van der Waals surface area contributed by atoms with Crippen LogP contribution in [0.2, 0.25) is 5.02 Å².